The van der Waals surface area contributed by atoms with Crippen LogP contribution in [0.3, 0.4) is 0 Å². The van der Waals surface area contributed by atoms with Crippen LogP contribution in [0, 0.1) is 11.7 Å². The predicted molar refractivity (Wildman–Crippen MR) is 110 cm³/mol. The van der Waals surface area contributed by atoms with Crippen LogP contribution in [0.5, 0.6) is 0 Å². The van der Waals surface area contributed by atoms with Gasteiger partial charge in [0, 0.05) is 23.9 Å². The van der Waals surface area contributed by atoms with Gasteiger partial charge in [-0.05, 0) is 43.2 Å². The van der Waals surface area contributed by atoms with Crippen LogP contribution in [0.2, 0.25) is 0 Å². The molecular weight excluding hydrogens is 432 g/mol. The lowest BCUT2D eigenvalue weighted by atomic mass is 10.1. The van der Waals surface area contributed by atoms with Gasteiger partial charge < -0.3 is 5.32 Å². The van der Waals surface area contributed by atoms with Crippen molar-refractivity contribution < 1.29 is 22.4 Å². The van der Waals surface area contributed by atoms with Gasteiger partial charge in [-0.25, -0.2) is 19.2 Å². The third-order valence-electron chi connectivity index (χ3n) is 4.85. The van der Waals surface area contributed by atoms with Crippen molar-refractivity contribution in [1.29, 1.82) is 0 Å². The zero-order chi connectivity index (χ0) is 22.0. The van der Waals surface area contributed by atoms with E-state index in [0.29, 0.717) is 18.2 Å². The van der Waals surface area contributed by atoms with Gasteiger partial charge in [-0.1, -0.05) is 12.8 Å². The normalized spacial score (nSPS) is 14.6. The number of alkyl halides is 3. The fourth-order valence-electron chi connectivity index (χ4n) is 3.27. The summed E-state index contributed by atoms with van der Waals surface area (Å²) in [6, 6.07) is 4.20. The summed E-state index contributed by atoms with van der Waals surface area (Å²) in [6.07, 6.45) is 3.25. The summed E-state index contributed by atoms with van der Waals surface area (Å²) in [6.45, 7) is 0. The molecule has 3 aromatic rings. The number of pyridine rings is 1. The van der Waals surface area contributed by atoms with E-state index in [9.17, 15) is 22.4 Å². The number of benzene rings is 1. The van der Waals surface area contributed by atoms with E-state index >= 15 is 0 Å². The van der Waals surface area contributed by atoms with Crippen LogP contribution in [-0.4, -0.2) is 16.0 Å². The summed E-state index contributed by atoms with van der Waals surface area (Å²) in [5, 5.41) is 5.49. The lowest BCUT2D eigenvalue weighted by Gasteiger charge is -2.11. The Balaban J connectivity index is 1.41. The molecule has 31 heavy (non-hydrogen) atoms. The van der Waals surface area contributed by atoms with Crippen LogP contribution in [0.25, 0.3) is 10.4 Å². The Hall–Kier alpha value is -3.01. The largest absolute Gasteiger partial charge is 0.416 e. The standard InChI is InChI=1S/C21H17F4N4OS/c22-15-7-6-14(21(23,24)25)9-16(15)28-20(30)29-18-8-5-13(10-26-18)17-11-27-19(31-17)12-3-1-2-4-12/h5-11H,1-4H2,(H2,26,28,29,30). The van der Waals surface area contributed by atoms with Crippen molar-refractivity contribution in [3.8, 4) is 10.4 Å². The number of urea groups is 1. The fourth-order valence-corrected chi connectivity index (χ4v) is 4.27. The summed E-state index contributed by atoms with van der Waals surface area (Å²) in [5.41, 5.74) is -0.811. The van der Waals surface area contributed by atoms with Gasteiger partial charge in [-0.3, -0.25) is 5.32 Å². The van der Waals surface area contributed by atoms with Crippen molar-refractivity contribution in [2.75, 3.05) is 10.6 Å². The summed E-state index contributed by atoms with van der Waals surface area (Å²) >= 11 is 1.59. The Labute approximate surface area is 179 Å². The number of hydrogen-bond donors (Lipinski definition) is 2. The maximum atomic E-state index is 13.8. The maximum Gasteiger partial charge on any atom is 0.416 e. The van der Waals surface area contributed by atoms with Gasteiger partial charge in [0.2, 0.25) is 0 Å². The number of halogens is 4. The lowest BCUT2D eigenvalue weighted by Crippen LogP contribution is -2.21. The summed E-state index contributed by atoms with van der Waals surface area (Å²) in [7, 11) is 0. The highest BCUT2D eigenvalue weighted by Gasteiger charge is 2.31. The SMILES string of the molecule is O=C(Nc1ccc(-c2cnc([C]3CCCC3)s2)cn1)Nc1cc(C(F)(F)F)ccc1F. The number of amides is 2. The van der Waals surface area contributed by atoms with Gasteiger partial charge in [0.05, 0.1) is 16.1 Å². The van der Waals surface area contributed by atoms with Crippen LogP contribution < -0.4 is 10.6 Å². The van der Waals surface area contributed by atoms with E-state index in [-0.39, 0.29) is 5.82 Å². The molecule has 1 saturated carbocycles. The smallest absolute Gasteiger partial charge is 0.305 e. The van der Waals surface area contributed by atoms with Crippen molar-refractivity contribution in [3.05, 3.63) is 65.0 Å². The number of nitrogens with one attached hydrogen (secondary N) is 2. The van der Waals surface area contributed by atoms with Gasteiger partial charge >= 0.3 is 12.2 Å². The number of nitrogens with zero attached hydrogens (tertiary/aromatic N) is 2. The molecule has 2 aromatic heterocycles. The van der Waals surface area contributed by atoms with Gasteiger partial charge in [-0.15, -0.1) is 11.3 Å². The molecule has 0 atom stereocenters. The summed E-state index contributed by atoms with van der Waals surface area (Å²) in [5.74, 6) is 0.567. The minimum Gasteiger partial charge on any atom is -0.305 e. The van der Waals surface area contributed by atoms with E-state index in [4.69, 9.17) is 0 Å². The Morgan fingerprint density at radius 1 is 1.00 bits per heavy atom. The number of aromatic nitrogens is 2. The molecule has 0 aliphatic heterocycles. The van der Waals surface area contributed by atoms with Gasteiger partial charge in [0.15, 0.2) is 0 Å². The highest BCUT2D eigenvalue weighted by atomic mass is 32.1. The zero-order valence-corrected chi connectivity index (χ0v) is 16.9. The molecule has 2 amide bonds. The number of anilines is 2. The quantitative estimate of drug-likeness (QED) is 0.447. The van der Waals surface area contributed by atoms with E-state index in [2.05, 4.69) is 20.6 Å². The Morgan fingerprint density at radius 2 is 1.77 bits per heavy atom. The molecule has 5 nitrogen and oxygen atoms in total. The maximum absolute atomic E-state index is 13.8. The molecule has 2 N–H and O–H groups in total. The second kappa shape index (κ2) is 8.62. The third kappa shape index (κ3) is 5.01. The van der Waals surface area contributed by atoms with Gasteiger partial charge in [-0.2, -0.15) is 13.2 Å². The minimum atomic E-state index is -4.65. The molecule has 4 rings (SSSR count). The minimum absolute atomic E-state index is 0.170. The van der Waals surface area contributed by atoms with Crippen LogP contribution >= 0.6 is 11.3 Å². The second-order valence-electron chi connectivity index (χ2n) is 7.04. The van der Waals surface area contributed by atoms with Crippen molar-refractivity contribution in [1.82, 2.24) is 9.97 Å². The van der Waals surface area contributed by atoms with Crippen LogP contribution in [-0.2, 0) is 6.18 Å². The van der Waals surface area contributed by atoms with E-state index in [1.54, 1.807) is 35.9 Å². The van der Waals surface area contributed by atoms with Gasteiger partial charge in [0.25, 0.3) is 0 Å². The topological polar surface area (TPSA) is 66.9 Å². The Kier molecular flexibility index (Phi) is 5.90. The van der Waals surface area contributed by atoms with Crippen molar-refractivity contribution >= 4 is 28.9 Å². The van der Waals surface area contributed by atoms with E-state index < -0.39 is 29.3 Å². The summed E-state index contributed by atoms with van der Waals surface area (Å²) in [4.78, 5) is 21.7. The molecule has 1 aliphatic rings. The molecule has 1 aromatic carbocycles. The monoisotopic (exact) mass is 449 g/mol. The molecule has 0 saturated heterocycles. The number of rotatable bonds is 4. The zero-order valence-electron chi connectivity index (χ0n) is 16.1. The fraction of sp³-hybridized carbons (Fsp3) is 0.238. The highest BCUT2D eigenvalue weighted by Crippen LogP contribution is 2.37. The van der Waals surface area contributed by atoms with E-state index in [1.165, 1.54) is 18.8 Å². The molecule has 0 spiro atoms. The first-order valence-corrected chi connectivity index (χ1v) is 10.3. The number of carbonyl (C=O) groups excluding carboxylic acids is 1. The first kappa shape index (κ1) is 21.2. The second-order valence-corrected chi connectivity index (χ2v) is 8.07. The molecule has 1 fully saturated rings. The van der Waals surface area contributed by atoms with Crippen molar-refractivity contribution in [2.24, 2.45) is 0 Å². The van der Waals surface area contributed by atoms with Crippen LogP contribution in [0.4, 0.5) is 33.9 Å². The molecule has 0 unspecified atom stereocenters. The first-order chi connectivity index (χ1) is 14.8. The average Bonchev–Trinajstić information content (AvgIpc) is 3.41. The van der Waals surface area contributed by atoms with Gasteiger partial charge in [0.1, 0.15) is 16.6 Å². The molecule has 2 heterocycles. The van der Waals surface area contributed by atoms with Crippen molar-refractivity contribution in [2.45, 2.75) is 31.9 Å². The lowest BCUT2D eigenvalue weighted by molar-refractivity contribution is -0.137. The van der Waals surface area contributed by atoms with E-state index in [1.807, 2.05) is 0 Å². The van der Waals surface area contributed by atoms with Crippen LogP contribution in [0.15, 0.2) is 42.7 Å². The number of thiazole rings is 1. The number of carbonyl (C=O) groups is 1. The average molecular weight is 449 g/mol. The molecule has 1 radical (unpaired) electrons. The van der Waals surface area contributed by atoms with E-state index in [0.717, 1.165) is 28.3 Å². The Morgan fingerprint density at radius 3 is 2.45 bits per heavy atom. The molecule has 10 heteroatoms. The van der Waals surface area contributed by atoms with Crippen molar-refractivity contribution in [3.63, 3.8) is 0 Å². The summed E-state index contributed by atoms with van der Waals surface area (Å²) < 4.78 is 52.1. The first-order valence-electron chi connectivity index (χ1n) is 9.52. The third-order valence-corrected chi connectivity index (χ3v) is 6.00. The predicted octanol–water partition coefficient (Wildman–Crippen LogP) is 6.50. The highest BCUT2D eigenvalue weighted by molar-refractivity contribution is 7.15. The molecule has 1 aliphatic carbocycles. The molecule has 0 bridgehead atoms. The van der Waals surface area contributed by atoms with Crippen LogP contribution in [0.1, 0.15) is 36.3 Å². The number of hydrogen-bond acceptors (Lipinski definition) is 4. The molecule has 161 valence electrons. The molecular formula is C21H17F4N4OS. The Bertz CT molecular complexity index is 1080.